The topological polar surface area (TPSA) is 75.7 Å². The molecule has 1 amide bonds. The SMILES string of the molecule is C=CCOc1ccc(NC(=O)CN(c2ccccc2CC)S(=O)(=O)c2ccc(C)cc2)cc1. The van der Waals surface area contributed by atoms with E-state index < -0.39 is 15.9 Å². The van der Waals surface area contributed by atoms with Crippen molar-refractivity contribution in [3.8, 4) is 5.75 Å². The normalized spacial score (nSPS) is 11.0. The molecule has 0 bridgehead atoms. The molecule has 0 atom stereocenters. The van der Waals surface area contributed by atoms with Crippen molar-refractivity contribution in [2.24, 2.45) is 0 Å². The van der Waals surface area contributed by atoms with Crippen molar-refractivity contribution in [2.45, 2.75) is 25.2 Å². The number of sulfonamides is 1. The van der Waals surface area contributed by atoms with E-state index in [1.807, 2.05) is 26.0 Å². The molecule has 0 radical (unpaired) electrons. The van der Waals surface area contributed by atoms with Crippen molar-refractivity contribution >= 4 is 27.3 Å². The lowest BCUT2D eigenvalue weighted by Crippen LogP contribution is -2.38. The maximum atomic E-state index is 13.6. The molecule has 172 valence electrons. The summed E-state index contributed by atoms with van der Waals surface area (Å²) in [7, 11) is -3.96. The number of anilines is 2. The standard InChI is InChI=1S/C26H28N2O4S/c1-4-18-32-23-14-12-22(13-15-23)27-26(29)19-28(25-9-7-6-8-21(25)5-2)33(30,31)24-16-10-20(3)11-17-24/h4,6-17H,1,5,18-19H2,2-3H3,(H,27,29). The Labute approximate surface area is 195 Å². The second-order valence-corrected chi connectivity index (χ2v) is 9.34. The molecule has 7 heteroatoms. The van der Waals surface area contributed by atoms with Crippen LogP contribution in [0.15, 0.2) is 90.3 Å². The Morgan fingerprint density at radius 2 is 1.70 bits per heavy atom. The number of aryl methyl sites for hydroxylation is 2. The fourth-order valence-corrected chi connectivity index (χ4v) is 4.77. The van der Waals surface area contributed by atoms with Crippen LogP contribution in [0.25, 0.3) is 0 Å². The molecule has 0 heterocycles. The van der Waals surface area contributed by atoms with E-state index in [-0.39, 0.29) is 11.4 Å². The Morgan fingerprint density at radius 3 is 2.33 bits per heavy atom. The van der Waals surface area contributed by atoms with Crippen LogP contribution in [0.2, 0.25) is 0 Å². The molecule has 3 aromatic carbocycles. The number of para-hydroxylation sites is 1. The Morgan fingerprint density at radius 1 is 1.03 bits per heavy atom. The predicted molar refractivity (Wildman–Crippen MR) is 132 cm³/mol. The Hall–Kier alpha value is -3.58. The minimum absolute atomic E-state index is 0.135. The van der Waals surface area contributed by atoms with Gasteiger partial charge in [-0.1, -0.05) is 55.5 Å². The first kappa shape index (κ1) is 24.1. The second-order valence-electron chi connectivity index (χ2n) is 7.48. The van der Waals surface area contributed by atoms with Crippen molar-refractivity contribution in [1.82, 2.24) is 0 Å². The molecule has 0 saturated heterocycles. The molecule has 0 aliphatic carbocycles. The lowest BCUT2D eigenvalue weighted by molar-refractivity contribution is -0.114. The Kier molecular flexibility index (Phi) is 7.90. The van der Waals surface area contributed by atoms with Crippen molar-refractivity contribution in [3.63, 3.8) is 0 Å². The molecule has 0 unspecified atom stereocenters. The number of rotatable bonds is 10. The summed E-state index contributed by atoms with van der Waals surface area (Å²) >= 11 is 0. The third-order valence-electron chi connectivity index (χ3n) is 5.04. The van der Waals surface area contributed by atoms with E-state index in [2.05, 4.69) is 11.9 Å². The molecule has 0 aliphatic rings. The van der Waals surface area contributed by atoms with Crippen molar-refractivity contribution in [3.05, 3.63) is 96.6 Å². The fourth-order valence-electron chi connectivity index (χ4n) is 3.31. The fraction of sp³-hybridized carbons (Fsp3) is 0.192. The van der Waals surface area contributed by atoms with Crippen LogP contribution in [0.5, 0.6) is 5.75 Å². The van der Waals surface area contributed by atoms with Crippen LogP contribution >= 0.6 is 0 Å². The molecule has 1 N–H and O–H groups in total. The van der Waals surface area contributed by atoms with Gasteiger partial charge in [-0.3, -0.25) is 9.10 Å². The van der Waals surface area contributed by atoms with Crippen LogP contribution in [0.4, 0.5) is 11.4 Å². The largest absolute Gasteiger partial charge is 0.490 e. The van der Waals surface area contributed by atoms with Gasteiger partial charge in [-0.15, -0.1) is 0 Å². The zero-order valence-corrected chi connectivity index (χ0v) is 19.6. The molecule has 3 aromatic rings. The summed E-state index contributed by atoms with van der Waals surface area (Å²) in [6, 6.07) is 20.7. The van der Waals surface area contributed by atoms with Crippen molar-refractivity contribution in [2.75, 3.05) is 22.8 Å². The zero-order valence-electron chi connectivity index (χ0n) is 18.8. The van der Waals surface area contributed by atoms with Gasteiger partial charge in [-0.2, -0.15) is 0 Å². The highest BCUT2D eigenvalue weighted by molar-refractivity contribution is 7.92. The van der Waals surface area contributed by atoms with Gasteiger partial charge in [-0.25, -0.2) is 8.42 Å². The molecule has 0 aromatic heterocycles. The van der Waals surface area contributed by atoms with Gasteiger partial charge in [-0.05, 0) is 61.4 Å². The van der Waals surface area contributed by atoms with Crippen LogP contribution in [0.1, 0.15) is 18.1 Å². The second kappa shape index (κ2) is 10.8. The van der Waals surface area contributed by atoms with E-state index in [9.17, 15) is 13.2 Å². The molecule has 0 spiro atoms. The summed E-state index contributed by atoms with van der Waals surface area (Å²) in [5.41, 5.74) is 2.82. The van der Waals surface area contributed by atoms with Crippen molar-refractivity contribution in [1.29, 1.82) is 0 Å². The minimum Gasteiger partial charge on any atom is -0.490 e. The first-order valence-electron chi connectivity index (χ1n) is 10.7. The van der Waals surface area contributed by atoms with Crippen molar-refractivity contribution < 1.29 is 17.9 Å². The number of hydrogen-bond acceptors (Lipinski definition) is 4. The van der Waals surface area contributed by atoms with Crippen LogP contribution in [0, 0.1) is 6.92 Å². The van der Waals surface area contributed by atoms with E-state index in [4.69, 9.17) is 4.74 Å². The number of carbonyl (C=O) groups excluding carboxylic acids is 1. The summed E-state index contributed by atoms with van der Waals surface area (Å²) < 4.78 is 33.8. The van der Waals surface area contributed by atoms with Gasteiger partial charge in [0.25, 0.3) is 10.0 Å². The number of carbonyl (C=O) groups is 1. The average Bonchev–Trinajstić information content (AvgIpc) is 2.82. The Balaban J connectivity index is 1.89. The molecule has 0 fully saturated rings. The molecule has 0 aliphatic heterocycles. The van der Waals surface area contributed by atoms with Gasteiger partial charge in [0.15, 0.2) is 0 Å². The number of nitrogens with zero attached hydrogens (tertiary/aromatic N) is 1. The van der Waals surface area contributed by atoms with Crippen LogP contribution in [-0.4, -0.2) is 27.5 Å². The molecule has 33 heavy (non-hydrogen) atoms. The highest BCUT2D eigenvalue weighted by Crippen LogP contribution is 2.28. The zero-order chi connectivity index (χ0) is 23.8. The maximum absolute atomic E-state index is 13.6. The number of ether oxygens (including phenoxy) is 1. The Bertz CT molecular complexity index is 1200. The summed E-state index contributed by atoms with van der Waals surface area (Å²) in [6.45, 7) is 7.47. The number of nitrogens with one attached hydrogen (secondary N) is 1. The summed E-state index contributed by atoms with van der Waals surface area (Å²) in [6.07, 6.45) is 2.27. The van der Waals surface area contributed by atoms with Gasteiger partial charge < -0.3 is 10.1 Å². The lowest BCUT2D eigenvalue weighted by Gasteiger charge is -2.26. The van der Waals surface area contributed by atoms with E-state index >= 15 is 0 Å². The van der Waals surface area contributed by atoms with Gasteiger partial charge in [0.05, 0.1) is 10.6 Å². The van der Waals surface area contributed by atoms with E-state index in [0.29, 0.717) is 30.2 Å². The summed E-state index contributed by atoms with van der Waals surface area (Å²) in [5, 5.41) is 2.77. The van der Waals surface area contributed by atoms with Crippen LogP contribution in [-0.2, 0) is 21.2 Å². The lowest BCUT2D eigenvalue weighted by atomic mass is 10.1. The number of amides is 1. The van der Waals surface area contributed by atoms with E-state index in [0.717, 1.165) is 11.1 Å². The first-order valence-corrected chi connectivity index (χ1v) is 12.1. The smallest absolute Gasteiger partial charge is 0.264 e. The molecule has 3 rings (SSSR count). The van der Waals surface area contributed by atoms with Gasteiger partial charge in [0.2, 0.25) is 5.91 Å². The number of hydrogen-bond donors (Lipinski definition) is 1. The average molecular weight is 465 g/mol. The first-order chi connectivity index (χ1) is 15.8. The predicted octanol–water partition coefficient (Wildman–Crippen LogP) is 4.96. The third kappa shape index (κ3) is 6.02. The summed E-state index contributed by atoms with van der Waals surface area (Å²) in [5.74, 6) is 0.199. The van der Waals surface area contributed by atoms with E-state index in [1.54, 1.807) is 66.7 Å². The van der Waals surface area contributed by atoms with Crippen LogP contribution < -0.4 is 14.4 Å². The molecule has 6 nitrogen and oxygen atoms in total. The maximum Gasteiger partial charge on any atom is 0.264 e. The minimum atomic E-state index is -3.96. The highest BCUT2D eigenvalue weighted by Gasteiger charge is 2.28. The molecular formula is C26H28N2O4S. The highest BCUT2D eigenvalue weighted by atomic mass is 32.2. The summed E-state index contributed by atoms with van der Waals surface area (Å²) in [4.78, 5) is 13.1. The van der Waals surface area contributed by atoms with Gasteiger partial charge in [0, 0.05) is 5.69 Å². The monoisotopic (exact) mass is 464 g/mol. The van der Waals surface area contributed by atoms with Gasteiger partial charge >= 0.3 is 0 Å². The van der Waals surface area contributed by atoms with Crippen LogP contribution in [0.3, 0.4) is 0 Å². The molecule has 0 saturated carbocycles. The number of benzene rings is 3. The van der Waals surface area contributed by atoms with Gasteiger partial charge in [0.1, 0.15) is 18.9 Å². The molecular weight excluding hydrogens is 436 g/mol. The van der Waals surface area contributed by atoms with E-state index in [1.165, 1.54) is 4.31 Å². The third-order valence-corrected chi connectivity index (χ3v) is 6.82. The quantitative estimate of drug-likeness (QED) is 0.431.